The van der Waals surface area contributed by atoms with Crippen LogP contribution in [-0.2, 0) is 17.1 Å². The van der Waals surface area contributed by atoms with Gasteiger partial charge >= 0.3 is 12.4 Å². The minimum atomic E-state index is -4.84. The Labute approximate surface area is 233 Å². The number of anilines is 2. The minimum Gasteiger partial charge on any atom is -0.371 e. The molecule has 0 atom stereocenters. The van der Waals surface area contributed by atoms with Gasteiger partial charge in [-0.3, -0.25) is 19.8 Å². The number of hydrogen-bond donors (Lipinski definition) is 1. The van der Waals surface area contributed by atoms with Gasteiger partial charge in [-0.1, -0.05) is 0 Å². The Hall–Kier alpha value is -3.55. The van der Waals surface area contributed by atoms with Gasteiger partial charge in [0.05, 0.1) is 10.5 Å². The second kappa shape index (κ2) is 12.5. The molecule has 2 aliphatic heterocycles. The number of benzene rings is 2. The van der Waals surface area contributed by atoms with E-state index in [1.54, 1.807) is 4.90 Å². The Morgan fingerprint density at radius 3 is 2.00 bits per heavy atom. The summed E-state index contributed by atoms with van der Waals surface area (Å²) < 4.78 is 78.3. The highest BCUT2D eigenvalue weighted by molar-refractivity contribution is 5.76. The normalized spacial score (nSPS) is 17.5. The lowest BCUT2D eigenvalue weighted by molar-refractivity contribution is -0.388. The quantitative estimate of drug-likeness (QED) is 0.256. The third-order valence-electron chi connectivity index (χ3n) is 7.52. The van der Waals surface area contributed by atoms with Crippen LogP contribution in [-0.4, -0.2) is 67.6 Å². The maximum absolute atomic E-state index is 13.3. The van der Waals surface area contributed by atoms with E-state index in [1.165, 1.54) is 18.2 Å². The van der Waals surface area contributed by atoms with Crippen LogP contribution in [0.5, 0.6) is 0 Å². The first-order valence-electron chi connectivity index (χ1n) is 13.4. The summed E-state index contributed by atoms with van der Waals surface area (Å²) in [7, 11) is 0. The molecule has 2 aliphatic rings. The van der Waals surface area contributed by atoms with Crippen molar-refractivity contribution in [2.75, 3.05) is 55.6 Å². The van der Waals surface area contributed by atoms with Gasteiger partial charge in [-0.2, -0.15) is 26.3 Å². The highest BCUT2D eigenvalue weighted by Crippen LogP contribution is 2.38. The summed E-state index contributed by atoms with van der Waals surface area (Å²) in [5.41, 5.74) is -1.93. The number of carbonyl (C=O) groups is 1. The Morgan fingerprint density at radius 1 is 0.854 bits per heavy atom. The zero-order chi connectivity index (χ0) is 29.8. The largest absolute Gasteiger partial charge is 0.423 e. The second-order valence-corrected chi connectivity index (χ2v) is 10.3. The fourth-order valence-corrected chi connectivity index (χ4v) is 5.24. The van der Waals surface area contributed by atoms with Crippen molar-refractivity contribution in [3.05, 3.63) is 63.7 Å². The van der Waals surface area contributed by atoms with Crippen LogP contribution in [0.15, 0.2) is 42.5 Å². The topological polar surface area (TPSA) is 82.0 Å². The van der Waals surface area contributed by atoms with E-state index >= 15 is 0 Å². The van der Waals surface area contributed by atoms with Gasteiger partial charge in [0.25, 0.3) is 5.69 Å². The van der Waals surface area contributed by atoms with Gasteiger partial charge in [0.2, 0.25) is 5.91 Å². The van der Waals surface area contributed by atoms with Crippen molar-refractivity contribution in [2.24, 2.45) is 0 Å². The molecule has 0 aliphatic carbocycles. The van der Waals surface area contributed by atoms with E-state index in [2.05, 4.69) is 10.2 Å². The van der Waals surface area contributed by atoms with Crippen molar-refractivity contribution >= 4 is 23.0 Å². The third kappa shape index (κ3) is 8.02. The number of nitrogens with zero attached hydrogens (tertiary/aromatic N) is 4. The van der Waals surface area contributed by atoms with Crippen LogP contribution in [0.2, 0.25) is 0 Å². The van der Waals surface area contributed by atoms with Crippen molar-refractivity contribution in [3.8, 4) is 0 Å². The molecule has 0 aromatic heterocycles. The number of alkyl halides is 6. The molecule has 0 saturated carbocycles. The summed E-state index contributed by atoms with van der Waals surface area (Å²) in [6.45, 7) is 4.35. The molecular weight excluding hydrogens is 556 g/mol. The Morgan fingerprint density at radius 2 is 1.44 bits per heavy atom. The van der Waals surface area contributed by atoms with Crippen molar-refractivity contribution in [3.63, 3.8) is 0 Å². The van der Waals surface area contributed by atoms with Gasteiger partial charge < -0.3 is 15.1 Å². The van der Waals surface area contributed by atoms with Gasteiger partial charge in [-0.15, -0.1) is 0 Å². The molecule has 2 saturated heterocycles. The molecule has 1 N–H and O–H groups in total. The Kier molecular flexibility index (Phi) is 9.30. The molecule has 4 rings (SSSR count). The standard InChI is InChI=1S/C27H31F6N5O3/c28-26(29,30)19-3-5-21(6-4-19)37-16-14-35(15-17-37)11-1-2-25(39)34-20-9-12-36(13-10-20)22-7-8-24(38(40)41)23(18-22)27(31,32)33/h3-8,18,20H,1-2,9-17H2,(H,34,39). The molecule has 224 valence electrons. The fraction of sp³-hybridized carbons (Fsp3) is 0.519. The summed E-state index contributed by atoms with van der Waals surface area (Å²) in [6.07, 6.45) is -7.15. The van der Waals surface area contributed by atoms with E-state index in [9.17, 15) is 41.3 Å². The number of amides is 1. The summed E-state index contributed by atoms with van der Waals surface area (Å²) in [4.78, 5) is 28.4. The molecule has 41 heavy (non-hydrogen) atoms. The van der Waals surface area contributed by atoms with Gasteiger partial charge in [0.1, 0.15) is 5.56 Å². The van der Waals surface area contributed by atoms with Gasteiger partial charge in [0.15, 0.2) is 0 Å². The van der Waals surface area contributed by atoms with E-state index < -0.39 is 34.1 Å². The molecule has 8 nitrogen and oxygen atoms in total. The number of piperazine rings is 1. The van der Waals surface area contributed by atoms with Gasteiger partial charge in [0, 0.05) is 69.2 Å². The van der Waals surface area contributed by atoms with E-state index in [0.29, 0.717) is 58.4 Å². The summed E-state index contributed by atoms with van der Waals surface area (Å²) in [5, 5.41) is 14.0. The van der Waals surface area contributed by atoms with E-state index in [-0.39, 0.29) is 17.6 Å². The predicted molar refractivity (Wildman–Crippen MR) is 141 cm³/mol. The Bertz CT molecular complexity index is 1210. The fourth-order valence-electron chi connectivity index (χ4n) is 5.24. The van der Waals surface area contributed by atoms with Crippen molar-refractivity contribution in [1.29, 1.82) is 0 Å². The lowest BCUT2D eigenvalue weighted by Gasteiger charge is -2.36. The number of piperidine rings is 1. The van der Waals surface area contributed by atoms with E-state index in [1.807, 2.05) is 4.90 Å². The van der Waals surface area contributed by atoms with Crippen molar-refractivity contribution in [1.82, 2.24) is 10.2 Å². The summed E-state index contributed by atoms with van der Waals surface area (Å²) in [6, 6.07) is 8.04. The highest BCUT2D eigenvalue weighted by atomic mass is 19.4. The van der Waals surface area contributed by atoms with Gasteiger partial charge in [-0.05, 0) is 62.2 Å². The molecule has 2 fully saturated rings. The monoisotopic (exact) mass is 587 g/mol. The maximum Gasteiger partial charge on any atom is 0.423 e. The number of nitrogens with one attached hydrogen (secondary N) is 1. The average molecular weight is 588 g/mol. The van der Waals surface area contributed by atoms with Crippen LogP contribution in [0.3, 0.4) is 0 Å². The zero-order valence-electron chi connectivity index (χ0n) is 22.2. The smallest absolute Gasteiger partial charge is 0.371 e. The van der Waals surface area contributed by atoms with Crippen LogP contribution in [0.4, 0.5) is 43.4 Å². The first kappa shape index (κ1) is 30.4. The first-order chi connectivity index (χ1) is 19.3. The molecule has 0 radical (unpaired) electrons. The molecule has 0 spiro atoms. The van der Waals surface area contributed by atoms with E-state index in [0.717, 1.165) is 43.0 Å². The lowest BCUT2D eigenvalue weighted by atomic mass is 10.0. The number of nitro benzene ring substituents is 1. The number of carbonyl (C=O) groups excluding carboxylic acids is 1. The molecule has 0 bridgehead atoms. The van der Waals surface area contributed by atoms with Crippen LogP contribution >= 0.6 is 0 Å². The van der Waals surface area contributed by atoms with Crippen LogP contribution in [0.25, 0.3) is 0 Å². The van der Waals surface area contributed by atoms with Crippen molar-refractivity contribution < 1.29 is 36.1 Å². The lowest BCUT2D eigenvalue weighted by Crippen LogP contribution is -2.47. The summed E-state index contributed by atoms with van der Waals surface area (Å²) in [5.74, 6) is -0.0958. The SMILES string of the molecule is O=C(CCCN1CCN(c2ccc(C(F)(F)F)cc2)CC1)NC1CCN(c2ccc([N+](=O)[O-])c(C(F)(F)F)c2)CC1. The second-order valence-electron chi connectivity index (χ2n) is 10.3. The predicted octanol–water partition coefficient (Wildman–Crippen LogP) is 5.32. The Balaban J connectivity index is 1.16. The summed E-state index contributed by atoms with van der Waals surface area (Å²) >= 11 is 0. The third-order valence-corrected chi connectivity index (χ3v) is 7.52. The highest BCUT2D eigenvalue weighted by Gasteiger charge is 2.39. The van der Waals surface area contributed by atoms with Gasteiger partial charge in [-0.25, -0.2) is 0 Å². The van der Waals surface area contributed by atoms with E-state index in [4.69, 9.17) is 0 Å². The molecule has 0 unspecified atom stereocenters. The first-order valence-corrected chi connectivity index (χ1v) is 13.4. The number of rotatable bonds is 8. The average Bonchev–Trinajstić information content (AvgIpc) is 2.92. The molecular formula is C27H31F6N5O3. The number of nitro groups is 1. The van der Waals surface area contributed by atoms with Crippen LogP contribution in [0.1, 0.15) is 36.8 Å². The number of halogens is 6. The zero-order valence-corrected chi connectivity index (χ0v) is 22.2. The molecule has 2 heterocycles. The molecule has 1 amide bonds. The van der Waals surface area contributed by atoms with Crippen LogP contribution in [0, 0.1) is 10.1 Å². The number of hydrogen-bond acceptors (Lipinski definition) is 6. The minimum absolute atomic E-state index is 0.0958. The molecule has 2 aromatic rings. The molecule has 2 aromatic carbocycles. The molecule has 14 heteroatoms. The maximum atomic E-state index is 13.3. The van der Waals surface area contributed by atoms with Crippen LogP contribution < -0.4 is 15.1 Å². The van der Waals surface area contributed by atoms with Crippen molar-refractivity contribution in [2.45, 2.75) is 44.1 Å².